The third-order valence-electron chi connectivity index (χ3n) is 3.66. The van der Waals surface area contributed by atoms with Crippen LogP contribution in [-0.4, -0.2) is 16.1 Å². The molecule has 0 radical (unpaired) electrons. The molecule has 3 rings (SSSR count). The molecule has 0 aliphatic carbocycles. The van der Waals surface area contributed by atoms with E-state index in [1.54, 1.807) is 6.07 Å². The lowest BCUT2D eigenvalue weighted by atomic mass is 10.1. The van der Waals surface area contributed by atoms with Gasteiger partial charge in [0.2, 0.25) is 0 Å². The van der Waals surface area contributed by atoms with Crippen LogP contribution in [0.4, 0.5) is 4.39 Å². The lowest BCUT2D eigenvalue weighted by molar-refractivity contribution is 0.0951. The Labute approximate surface area is 143 Å². The third-order valence-corrected chi connectivity index (χ3v) is 3.95. The summed E-state index contributed by atoms with van der Waals surface area (Å²) in [5.74, 6) is -0.747. The molecule has 2 N–H and O–H groups in total. The molecule has 0 spiro atoms. The van der Waals surface area contributed by atoms with E-state index >= 15 is 0 Å². The fourth-order valence-electron chi connectivity index (χ4n) is 2.33. The van der Waals surface area contributed by atoms with Crippen molar-refractivity contribution in [3.8, 4) is 11.3 Å². The zero-order valence-electron chi connectivity index (χ0n) is 12.9. The van der Waals surface area contributed by atoms with Crippen molar-refractivity contribution >= 4 is 17.5 Å². The monoisotopic (exact) mass is 343 g/mol. The number of carbonyl (C=O) groups excluding carboxylic acids is 1. The molecule has 1 aromatic heterocycles. The summed E-state index contributed by atoms with van der Waals surface area (Å²) in [4.78, 5) is 12.4. The predicted octanol–water partition coefficient (Wildman–Crippen LogP) is 4.11. The van der Waals surface area contributed by atoms with Gasteiger partial charge in [0.05, 0.1) is 22.5 Å². The summed E-state index contributed by atoms with van der Waals surface area (Å²) in [7, 11) is 0. The summed E-state index contributed by atoms with van der Waals surface area (Å²) in [6.07, 6.45) is 1.49. The summed E-state index contributed by atoms with van der Waals surface area (Å²) < 4.78 is 13.2. The van der Waals surface area contributed by atoms with Crippen molar-refractivity contribution < 1.29 is 9.18 Å². The van der Waals surface area contributed by atoms with Gasteiger partial charge in [-0.2, -0.15) is 5.10 Å². The number of benzene rings is 2. The number of nitrogens with one attached hydrogen (secondary N) is 2. The minimum Gasteiger partial charge on any atom is -0.348 e. The Hall–Kier alpha value is -2.66. The number of hydrogen-bond donors (Lipinski definition) is 2. The first-order valence-corrected chi connectivity index (χ1v) is 7.75. The number of amides is 1. The highest BCUT2D eigenvalue weighted by molar-refractivity contribution is 6.30. The molecular formula is C18H15ClFN3O. The lowest BCUT2D eigenvalue weighted by Crippen LogP contribution is -2.23. The number of hydrogen-bond acceptors (Lipinski definition) is 2. The third kappa shape index (κ3) is 3.46. The Balaban J connectivity index is 1.75. The van der Waals surface area contributed by atoms with Gasteiger partial charge >= 0.3 is 0 Å². The van der Waals surface area contributed by atoms with Gasteiger partial charge < -0.3 is 5.32 Å². The second kappa shape index (κ2) is 6.84. The molecule has 0 saturated heterocycles. The molecule has 0 unspecified atom stereocenters. The number of halogens is 2. The Kier molecular flexibility index (Phi) is 4.62. The lowest BCUT2D eigenvalue weighted by Gasteiger charge is -2.07. The molecule has 0 aliphatic heterocycles. The maximum absolute atomic E-state index is 13.2. The quantitative estimate of drug-likeness (QED) is 0.749. The Bertz CT molecular complexity index is 874. The van der Waals surface area contributed by atoms with Crippen LogP contribution in [-0.2, 0) is 6.54 Å². The first-order valence-electron chi connectivity index (χ1n) is 7.37. The second-order valence-electron chi connectivity index (χ2n) is 5.46. The van der Waals surface area contributed by atoms with Crippen LogP contribution in [0.5, 0.6) is 0 Å². The van der Waals surface area contributed by atoms with Gasteiger partial charge in [0.1, 0.15) is 5.82 Å². The first-order chi connectivity index (χ1) is 11.5. The molecule has 2 aromatic carbocycles. The number of aryl methyl sites for hydroxylation is 1. The number of aromatic amines is 1. The summed E-state index contributed by atoms with van der Waals surface area (Å²) in [5, 5.41) is 9.64. The van der Waals surface area contributed by atoms with Gasteiger partial charge in [-0.15, -0.1) is 0 Å². The summed E-state index contributed by atoms with van der Waals surface area (Å²) in [5.41, 5.74) is 3.84. The van der Waals surface area contributed by atoms with E-state index in [1.807, 2.05) is 31.2 Å². The standard InChI is InChI=1S/C18H15ClFN3O/c1-11-2-5-13(6-3-11)17-14(10-22-23-17)18(24)21-9-12-4-7-16(20)15(19)8-12/h2-8,10H,9H2,1H3,(H,21,24)(H,22,23). The normalized spacial score (nSPS) is 10.6. The molecule has 1 amide bonds. The Morgan fingerprint density at radius 3 is 2.71 bits per heavy atom. The average Bonchev–Trinajstić information content (AvgIpc) is 3.06. The second-order valence-corrected chi connectivity index (χ2v) is 5.86. The Morgan fingerprint density at radius 1 is 1.25 bits per heavy atom. The van der Waals surface area contributed by atoms with E-state index in [4.69, 9.17) is 11.6 Å². The molecule has 24 heavy (non-hydrogen) atoms. The average molecular weight is 344 g/mol. The minimum absolute atomic E-state index is 0.0328. The molecule has 0 bridgehead atoms. The minimum atomic E-state index is -0.483. The maximum atomic E-state index is 13.2. The van der Waals surface area contributed by atoms with E-state index in [1.165, 1.54) is 18.3 Å². The molecule has 122 valence electrons. The van der Waals surface area contributed by atoms with Crippen molar-refractivity contribution in [2.75, 3.05) is 0 Å². The van der Waals surface area contributed by atoms with Crippen LogP contribution in [0, 0.1) is 12.7 Å². The van der Waals surface area contributed by atoms with Gasteiger partial charge in [0.15, 0.2) is 0 Å². The van der Waals surface area contributed by atoms with Gasteiger partial charge in [0.25, 0.3) is 5.91 Å². The van der Waals surface area contributed by atoms with E-state index in [0.717, 1.165) is 16.7 Å². The van der Waals surface area contributed by atoms with Crippen molar-refractivity contribution in [3.05, 3.63) is 76.2 Å². The van der Waals surface area contributed by atoms with Crippen LogP contribution >= 0.6 is 11.6 Å². The van der Waals surface area contributed by atoms with E-state index in [9.17, 15) is 9.18 Å². The van der Waals surface area contributed by atoms with Crippen LogP contribution in [0.1, 0.15) is 21.5 Å². The highest BCUT2D eigenvalue weighted by atomic mass is 35.5. The molecule has 0 atom stereocenters. The van der Waals surface area contributed by atoms with Crippen molar-refractivity contribution in [1.82, 2.24) is 15.5 Å². The van der Waals surface area contributed by atoms with E-state index < -0.39 is 5.82 Å². The van der Waals surface area contributed by atoms with E-state index in [2.05, 4.69) is 15.5 Å². The summed E-state index contributed by atoms with van der Waals surface area (Å²) >= 11 is 5.74. The summed E-state index contributed by atoms with van der Waals surface area (Å²) in [6.45, 7) is 2.25. The molecule has 0 saturated carbocycles. The van der Waals surface area contributed by atoms with E-state index in [0.29, 0.717) is 11.3 Å². The number of aromatic nitrogens is 2. The number of nitrogens with zero attached hydrogens (tertiary/aromatic N) is 1. The van der Waals surface area contributed by atoms with Crippen molar-refractivity contribution in [3.63, 3.8) is 0 Å². The van der Waals surface area contributed by atoms with Crippen LogP contribution in [0.3, 0.4) is 0 Å². The molecular weight excluding hydrogens is 329 g/mol. The zero-order valence-corrected chi connectivity index (χ0v) is 13.7. The van der Waals surface area contributed by atoms with Gasteiger partial charge in [-0.1, -0.05) is 47.5 Å². The molecule has 0 fully saturated rings. The zero-order chi connectivity index (χ0) is 17.1. The Morgan fingerprint density at radius 2 is 2.00 bits per heavy atom. The van der Waals surface area contributed by atoms with Gasteiger partial charge in [-0.25, -0.2) is 4.39 Å². The number of H-pyrrole nitrogens is 1. The highest BCUT2D eigenvalue weighted by Crippen LogP contribution is 2.22. The molecule has 0 aliphatic rings. The van der Waals surface area contributed by atoms with Gasteiger partial charge in [-0.3, -0.25) is 9.89 Å². The number of carbonyl (C=O) groups is 1. The molecule has 3 aromatic rings. The number of rotatable bonds is 4. The van der Waals surface area contributed by atoms with Crippen LogP contribution in [0.25, 0.3) is 11.3 Å². The molecule has 4 nitrogen and oxygen atoms in total. The van der Waals surface area contributed by atoms with Crippen LogP contribution < -0.4 is 5.32 Å². The van der Waals surface area contributed by atoms with Crippen molar-refractivity contribution in [2.45, 2.75) is 13.5 Å². The van der Waals surface area contributed by atoms with Crippen LogP contribution in [0.2, 0.25) is 5.02 Å². The smallest absolute Gasteiger partial charge is 0.255 e. The molecule has 6 heteroatoms. The van der Waals surface area contributed by atoms with Crippen molar-refractivity contribution in [1.29, 1.82) is 0 Å². The first kappa shape index (κ1) is 16.2. The topological polar surface area (TPSA) is 57.8 Å². The van der Waals surface area contributed by atoms with Gasteiger partial charge in [0, 0.05) is 12.1 Å². The predicted molar refractivity (Wildman–Crippen MR) is 91.3 cm³/mol. The maximum Gasteiger partial charge on any atom is 0.255 e. The summed E-state index contributed by atoms with van der Waals surface area (Å²) in [6, 6.07) is 12.2. The van der Waals surface area contributed by atoms with Crippen LogP contribution in [0.15, 0.2) is 48.7 Å². The highest BCUT2D eigenvalue weighted by Gasteiger charge is 2.15. The SMILES string of the molecule is Cc1ccc(-c2[nH]ncc2C(=O)NCc2ccc(F)c(Cl)c2)cc1. The molecule has 1 heterocycles. The largest absolute Gasteiger partial charge is 0.348 e. The van der Waals surface area contributed by atoms with Crippen molar-refractivity contribution in [2.24, 2.45) is 0 Å². The van der Waals surface area contributed by atoms with Gasteiger partial charge in [-0.05, 0) is 24.6 Å². The fourth-order valence-corrected chi connectivity index (χ4v) is 2.53. The van der Waals surface area contributed by atoms with E-state index in [-0.39, 0.29) is 17.5 Å². The fraction of sp³-hybridized carbons (Fsp3) is 0.111.